The summed E-state index contributed by atoms with van der Waals surface area (Å²) in [7, 11) is 0. The molecule has 21 heavy (non-hydrogen) atoms. The minimum absolute atomic E-state index is 0.0549. The van der Waals surface area contributed by atoms with Crippen LogP contribution in [0.15, 0.2) is 29.2 Å². The summed E-state index contributed by atoms with van der Waals surface area (Å²) in [5.74, 6) is -1.53. The molecule has 7 heteroatoms. The Balaban J connectivity index is 1.75. The largest absolute Gasteiger partial charge is 0.333 e. The number of nitrogens with one attached hydrogen (secondary N) is 1. The molecule has 1 aromatic rings. The molecule has 112 valence electrons. The fraction of sp³-hybridized carbons (Fsp3) is 0.357. The van der Waals surface area contributed by atoms with Crippen molar-refractivity contribution in [1.29, 1.82) is 0 Å². The molecule has 0 aromatic heterocycles. The normalized spacial score (nSPS) is 14.3. The van der Waals surface area contributed by atoms with Crippen molar-refractivity contribution in [1.82, 2.24) is 10.2 Å². The minimum atomic E-state index is -0.510. The number of imide groups is 1. The molecule has 1 heterocycles. The highest BCUT2D eigenvalue weighted by Gasteiger charge is 2.23. The molecule has 0 atom stereocenters. The molecular formula is C14H15FN2O3S. The number of nitrogens with zero attached hydrogens (tertiary/aromatic N) is 1. The summed E-state index contributed by atoms with van der Waals surface area (Å²) in [5.41, 5.74) is 0. The van der Waals surface area contributed by atoms with E-state index in [4.69, 9.17) is 0 Å². The third-order valence-electron chi connectivity index (χ3n) is 2.98. The van der Waals surface area contributed by atoms with Crippen LogP contribution in [0.4, 0.5) is 4.39 Å². The van der Waals surface area contributed by atoms with Gasteiger partial charge >= 0.3 is 0 Å². The van der Waals surface area contributed by atoms with Crippen LogP contribution in [0.1, 0.15) is 12.8 Å². The van der Waals surface area contributed by atoms with E-state index in [0.717, 1.165) is 18.2 Å². The number of hydrogen-bond donors (Lipinski definition) is 1. The van der Waals surface area contributed by atoms with Crippen LogP contribution in [0.25, 0.3) is 0 Å². The maximum Gasteiger partial charge on any atom is 0.246 e. The van der Waals surface area contributed by atoms with Crippen molar-refractivity contribution in [2.24, 2.45) is 0 Å². The Hall–Kier alpha value is -1.89. The second-order valence-corrected chi connectivity index (χ2v) is 5.63. The van der Waals surface area contributed by atoms with Crippen molar-refractivity contribution in [3.8, 4) is 0 Å². The number of rotatable bonds is 5. The van der Waals surface area contributed by atoms with Crippen molar-refractivity contribution < 1.29 is 18.8 Å². The van der Waals surface area contributed by atoms with Crippen LogP contribution in [-0.4, -0.2) is 41.5 Å². The van der Waals surface area contributed by atoms with Crippen LogP contribution in [0.2, 0.25) is 0 Å². The van der Waals surface area contributed by atoms with Crippen LogP contribution in [0.3, 0.4) is 0 Å². The van der Waals surface area contributed by atoms with Crippen LogP contribution in [0, 0.1) is 5.82 Å². The van der Waals surface area contributed by atoms with Crippen molar-refractivity contribution in [3.05, 3.63) is 30.1 Å². The predicted octanol–water partition coefficient (Wildman–Crippen LogP) is 1.18. The lowest BCUT2D eigenvalue weighted by Crippen LogP contribution is -2.41. The van der Waals surface area contributed by atoms with E-state index in [1.54, 1.807) is 18.2 Å². The maximum atomic E-state index is 13.4. The summed E-state index contributed by atoms with van der Waals surface area (Å²) in [5, 5.41) is 2.20. The van der Waals surface area contributed by atoms with Gasteiger partial charge in [-0.15, -0.1) is 11.8 Å². The Labute approximate surface area is 125 Å². The molecule has 1 aliphatic heterocycles. The minimum Gasteiger partial charge on any atom is -0.333 e. The van der Waals surface area contributed by atoms with E-state index in [1.165, 1.54) is 11.0 Å². The second kappa shape index (κ2) is 7.21. The van der Waals surface area contributed by atoms with Gasteiger partial charge in [0.1, 0.15) is 5.82 Å². The Kier molecular flexibility index (Phi) is 5.32. The summed E-state index contributed by atoms with van der Waals surface area (Å²) in [6, 6.07) is 6.12. The third-order valence-corrected chi connectivity index (χ3v) is 4.03. The first-order chi connectivity index (χ1) is 10.1. The average Bonchev–Trinajstić information content (AvgIpc) is 2.83. The smallest absolute Gasteiger partial charge is 0.246 e. The van der Waals surface area contributed by atoms with E-state index in [0.29, 0.717) is 17.9 Å². The summed E-state index contributed by atoms with van der Waals surface area (Å²) < 4.78 is 13.4. The summed E-state index contributed by atoms with van der Waals surface area (Å²) in [4.78, 5) is 36.4. The van der Waals surface area contributed by atoms with E-state index in [1.807, 2.05) is 0 Å². The molecule has 2 rings (SSSR count). The number of carbonyl (C=O) groups is 3. The highest BCUT2D eigenvalue weighted by molar-refractivity contribution is 8.00. The second-order valence-electron chi connectivity index (χ2n) is 4.61. The van der Waals surface area contributed by atoms with Crippen LogP contribution >= 0.6 is 11.8 Å². The van der Waals surface area contributed by atoms with Crippen molar-refractivity contribution >= 4 is 29.5 Å². The highest BCUT2D eigenvalue weighted by Crippen LogP contribution is 2.20. The van der Waals surface area contributed by atoms with Gasteiger partial charge in [0.25, 0.3) is 0 Å². The number of likely N-dealkylation sites (tertiary alicyclic amines) is 1. The number of hydrogen-bond acceptors (Lipinski definition) is 4. The number of thioether (sulfide) groups is 1. The molecule has 1 aromatic carbocycles. The molecule has 0 unspecified atom stereocenters. The van der Waals surface area contributed by atoms with Gasteiger partial charge in [-0.05, 0) is 18.6 Å². The summed E-state index contributed by atoms with van der Waals surface area (Å²) in [6.45, 7) is 0.444. The van der Waals surface area contributed by atoms with Crippen LogP contribution in [0.5, 0.6) is 0 Å². The zero-order valence-electron chi connectivity index (χ0n) is 11.3. The lowest BCUT2D eigenvalue weighted by molar-refractivity contribution is -0.135. The fourth-order valence-corrected chi connectivity index (χ4v) is 2.72. The van der Waals surface area contributed by atoms with Crippen LogP contribution in [-0.2, 0) is 14.4 Å². The SMILES string of the molecule is O=C(CSc1ccccc1F)NC(=O)CN1CCCC1=O. The first kappa shape index (κ1) is 15.5. The number of carbonyl (C=O) groups excluding carboxylic acids is 3. The van der Waals surface area contributed by atoms with E-state index < -0.39 is 17.6 Å². The van der Waals surface area contributed by atoms with Gasteiger partial charge in [0.05, 0.1) is 12.3 Å². The van der Waals surface area contributed by atoms with Gasteiger partial charge in [-0.25, -0.2) is 4.39 Å². The topological polar surface area (TPSA) is 66.5 Å². The number of halogens is 1. The van der Waals surface area contributed by atoms with E-state index in [-0.39, 0.29) is 18.2 Å². The molecule has 3 amide bonds. The maximum absolute atomic E-state index is 13.4. The molecule has 0 spiro atoms. The van der Waals surface area contributed by atoms with Gasteiger partial charge in [-0.3, -0.25) is 19.7 Å². The lowest BCUT2D eigenvalue weighted by atomic mass is 10.3. The quantitative estimate of drug-likeness (QED) is 0.830. The van der Waals surface area contributed by atoms with Gasteiger partial charge in [0.15, 0.2) is 0 Å². The molecule has 0 radical (unpaired) electrons. The first-order valence-corrected chi connectivity index (χ1v) is 7.52. The molecule has 1 fully saturated rings. The van der Waals surface area contributed by atoms with Gasteiger partial charge in [0.2, 0.25) is 17.7 Å². The van der Waals surface area contributed by atoms with Crippen molar-refractivity contribution in [2.75, 3.05) is 18.8 Å². The Morgan fingerprint density at radius 3 is 2.71 bits per heavy atom. The Morgan fingerprint density at radius 2 is 2.05 bits per heavy atom. The van der Waals surface area contributed by atoms with E-state index in [9.17, 15) is 18.8 Å². The van der Waals surface area contributed by atoms with Gasteiger partial charge < -0.3 is 4.90 Å². The Bertz CT molecular complexity index is 565. The summed E-state index contributed by atoms with van der Waals surface area (Å²) >= 11 is 1.02. The molecule has 0 saturated carbocycles. The molecular weight excluding hydrogens is 295 g/mol. The molecule has 5 nitrogen and oxygen atoms in total. The molecule has 1 aliphatic rings. The van der Waals surface area contributed by atoms with Crippen molar-refractivity contribution in [2.45, 2.75) is 17.7 Å². The standard InChI is InChI=1S/C14H15FN2O3S/c15-10-4-1-2-5-11(10)21-9-13(19)16-12(18)8-17-7-3-6-14(17)20/h1-2,4-5H,3,6-9H2,(H,16,18,19). The number of benzene rings is 1. The highest BCUT2D eigenvalue weighted by atomic mass is 32.2. The van der Waals surface area contributed by atoms with E-state index in [2.05, 4.69) is 5.32 Å². The zero-order valence-corrected chi connectivity index (χ0v) is 12.1. The Morgan fingerprint density at radius 1 is 1.29 bits per heavy atom. The van der Waals surface area contributed by atoms with Gasteiger partial charge in [-0.1, -0.05) is 12.1 Å². The average molecular weight is 310 g/mol. The monoisotopic (exact) mass is 310 g/mol. The van der Waals surface area contributed by atoms with Gasteiger partial charge in [0, 0.05) is 17.9 Å². The zero-order chi connectivity index (χ0) is 15.2. The molecule has 0 aliphatic carbocycles. The molecule has 0 bridgehead atoms. The first-order valence-electron chi connectivity index (χ1n) is 6.54. The lowest BCUT2D eigenvalue weighted by Gasteiger charge is -2.14. The summed E-state index contributed by atoms with van der Waals surface area (Å²) in [6.07, 6.45) is 1.19. The molecule has 1 saturated heterocycles. The van der Waals surface area contributed by atoms with Crippen molar-refractivity contribution in [3.63, 3.8) is 0 Å². The van der Waals surface area contributed by atoms with Gasteiger partial charge in [-0.2, -0.15) is 0 Å². The third kappa shape index (κ3) is 4.56. The van der Waals surface area contributed by atoms with E-state index >= 15 is 0 Å². The predicted molar refractivity (Wildman–Crippen MR) is 76.1 cm³/mol. The number of amides is 3. The molecule has 1 N–H and O–H groups in total. The van der Waals surface area contributed by atoms with Crippen LogP contribution < -0.4 is 5.32 Å². The fourth-order valence-electron chi connectivity index (χ4n) is 1.98.